The Hall–Kier alpha value is -2.41. The summed E-state index contributed by atoms with van der Waals surface area (Å²) in [6, 6.07) is 6.31. The van der Waals surface area contributed by atoms with Crippen LogP contribution in [0.5, 0.6) is 0 Å². The van der Waals surface area contributed by atoms with Crippen LogP contribution in [0, 0.1) is 17.3 Å². The smallest absolute Gasteiger partial charge is 0.292 e. The molecule has 34 heavy (non-hydrogen) atoms. The fourth-order valence-electron chi connectivity index (χ4n) is 6.84. The molecule has 1 aromatic heterocycles. The van der Waals surface area contributed by atoms with Crippen LogP contribution >= 0.6 is 0 Å². The normalized spacial score (nSPS) is 32.6. The van der Waals surface area contributed by atoms with Gasteiger partial charge in [-0.3, -0.25) is 0 Å². The summed E-state index contributed by atoms with van der Waals surface area (Å²) in [6.07, 6.45) is 10.6. The number of hydrogen-bond acceptors (Lipinski definition) is 6. The average molecular weight is 464 g/mol. The first-order valence-corrected chi connectivity index (χ1v) is 12.6. The van der Waals surface area contributed by atoms with Crippen molar-refractivity contribution in [2.75, 3.05) is 19.8 Å². The molecule has 1 aromatic carbocycles. The minimum atomic E-state index is -0.465. The van der Waals surface area contributed by atoms with Crippen molar-refractivity contribution in [2.45, 2.75) is 64.1 Å². The van der Waals surface area contributed by atoms with Gasteiger partial charge in [0.15, 0.2) is 5.58 Å². The molecule has 0 radical (unpaired) electrons. The zero-order valence-electron chi connectivity index (χ0n) is 20.5. The van der Waals surface area contributed by atoms with E-state index in [1.807, 2.05) is 26.2 Å². The largest absolute Gasteiger partial charge is 0.424 e. The second-order valence-electron chi connectivity index (χ2n) is 10.6. The summed E-state index contributed by atoms with van der Waals surface area (Å²) in [5.74, 6) is 0.971. The number of nitrogens with one attached hydrogen (secondary N) is 1. The van der Waals surface area contributed by atoms with Crippen LogP contribution in [0.1, 0.15) is 57.4 Å². The third-order valence-corrected chi connectivity index (χ3v) is 8.37. The molecule has 5 unspecified atom stereocenters. The maximum atomic E-state index is 11.3. The minimum Gasteiger partial charge on any atom is -0.424 e. The van der Waals surface area contributed by atoms with Crippen molar-refractivity contribution >= 4 is 22.7 Å². The van der Waals surface area contributed by atoms with Gasteiger partial charge in [0.1, 0.15) is 5.52 Å². The van der Waals surface area contributed by atoms with E-state index in [9.17, 15) is 10.2 Å². The van der Waals surface area contributed by atoms with E-state index in [-0.39, 0.29) is 17.5 Å². The number of rotatable bonds is 1. The van der Waals surface area contributed by atoms with Crippen LogP contribution in [0.4, 0.5) is 6.01 Å². The summed E-state index contributed by atoms with van der Waals surface area (Å²) in [6.45, 7) is 2.32. The molecular weight excluding hydrogens is 426 g/mol. The van der Waals surface area contributed by atoms with Crippen LogP contribution in [-0.2, 0) is 0 Å². The molecule has 6 nitrogen and oxygen atoms in total. The van der Waals surface area contributed by atoms with Gasteiger partial charge >= 0.3 is 0 Å². The van der Waals surface area contributed by atoms with Gasteiger partial charge in [-0.05, 0) is 99.7 Å². The highest BCUT2D eigenvalue weighted by Crippen LogP contribution is 2.59. The lowest BCUT2D eigenvalue weighted by Crippen LogP contribution is -2.37. The van der Waals surface area contributed by atoms with E-state index in [4.69, 9.17) is 10.2 Å². The second-order valence-corrected chi connectivity index (χ2v) is 10.6. The molecule has 1 heterocycles. The van der Waals surface area contributed by atoms with Crippen LogP contribution in [0.25, 0.3) is 16.7 Å². The summed E-state index contributed by atoms with van der Waals surface area (Å²) >= 11 is 0. The number of hydrogen-bond donors (Lipinski definition) is 4. The topological polar surface area (TPSA) is 105 Å². The van der Waals surface area contributed by atoms with Gasteiger partial charge in [-0.15, -0.1) is 0 Å². The standard InChI is InChI=1S/C26H30N2O3.C2H7N/c1-26-13-23(30)19-11-16-10-17(29)5-2-14(16)3-6-18(19)21(26)8-7-20(26)15-4-9-22-24(12-15)31-25(27)28-22;1-3-2/h4,7,9,11-12,14,17,21,23,29-30H,2-3,5-6,8,10,13H2,1H3,(H2,27,28);3H,1-2H3. The first-order valence-electron chi connectivity index (χ1n) is 12.6. The summed E-state index contributed by atoms with van der Waals surface area (Å²) in [5.41, 5.74) is 13.5. The molecule has 0 spiro atoms. The van der Waals surface area contributed by atoms with Gasteiger partial charge in [-0.2, -0.15) is 4.98 Å². The number of oxazole rings is 1. The first kappa shape index (κ1) is 23.3. The van der Waals surface area contributed by atoms with Crippen molar-refractivity contribution in [3.8, 4) is 0 Å². The zero-order chi connectivity index (χ0) is 24.0. The zero-order valence-corrected chi connectivity index (χ0v) is 20.5. The number of aliphatic hydroxyl groups excluding tert-OH is 2. The predicted molar refractivity (Wildman–Crippen MR) is 136 cm³/mol. The molecule has 0 bridgehead atoms. The van der Waals surface area contributed by atoms with E-state index in [1.54, 1.807) is 0 Å². The van der Waals surface area contributed by atoms with Gasteiger partial charge in [-0.1, -0.05) is 36.3 Å². The number of fused-ring (bicyclic) bond motifs is 4. The fraction of sp³-hybridized carbons (Fsp3) is 0.536. The molecule has 1 saturated carbocycles. The Balaban J connectivity index is 0.000000764. The summed E-state index contributed by atoms with van der Waals surface area (Å²) in [4.78, 5) is 4.22. The van der Waals surface area contributed by atoms with E-state index in [1.165, 1.54) is 16.7 Å². The van der Waals surface area contributed by atoms with Crippen molar-refractivity contribution in [2.24, 2.45) is 17.3 Å². The van der Waals surface area contributed by atoms with Crippen LogP contribution in [0.2, 0.25) is 0 Å². The molecule has 0 aliphatic heterocycles. The molecule has 2 aromatic rings. The highest BCUT2D eigenvalue weighted by Gasteiger charge is 2.49. The third kappa shape index (κ3) is 3.92. The monoisotopic (exact) mass is 463 g/mol. The Morgan fingerprint density at radius 1 is 1.18 bits per heavy atom. The lowest BCUT2D eigenvalue weighted by Gasteiger charge is -2.43. The number of nitrogens with two attached hydrogens (primary N) is 1. The maximum absolute atomic E-state index is 11.3. The van der Waals surface area contributed by atoms with Crippen molar-refractivity contribution in [3.63, 3.8) is 0 Å². The molecule has 5 atom stereocenters. The van der Waals surface area contributed by atoms with Crippen molar-refractivity contribution < 1.29 is 14.6 Å². The second kappa shape index (κ2) is 8.99. The van der Waals surface area contributed by atoms with Gasteiger partial charge in [-0.25, -0.2) is 0 Å². The van der Waals surface area contributed by atoms with E-state index < -0.39 is 6.10 Å². The number of nitrogen functional groups attached to an aromatic ring is 1. The Kier molecular flexibility index (Phi) is 6.17. The quantitative estimate of drug-likeness (QED) is 0.493. The van der Waals surface area contributed by atoms with Crippen LogP contribution in [-0.4, -0.2) is 41.5 Å². The number of aromatic nitrogens is 1. The van der Waals surface area contributed by atoms with Gasteiger partial charge < -0.3 is 25.7 Å². The van der Waals surface area contributed by atoms with Crippen LogP contribution in [0.15, 0.2) is 51.5 Å². The Labute approximate surface area is 201 Å². The Morgan fingerprint density at radius 3 is 2.76 bits per heavy atom. The molecule has 1 fully saturated rings. The van der Waals surface area contributed by atoms with Crippen molar-refractivity contribution in [3.05, 3.63) is 52.6 Å². The van der Waals surface area contributed by atoms with Gasteiger partial charge in [0.05, 0.1) is 12.2 Å². The van der Waals surface area contributed by atoms with E-state index in [0.29, 0.717) is 17.4 Å². The summed E-state index contributed by atoms with van der Waals surface area (Å²) in [7, 11) is 3.75. The van der Waals surface area contributed by atoms with Crippen molar-refractivity contribution in [1.82, 2.24) is 10.3 Å². The number of benzene rings is 1. The van der Waals surface area contributed by atoms with E-state index >= 15 is 0 Å². The highest BCUT2D eigenvalue weighted by molar-refractivity contribution is 5.83. The van der Waals surface area contributed by atoms with Gasteiger partial charge in [0.2, 0.25) is 0 Å². The molecule has 182 valence electrons. The number of anilines is 1. The molecule has 0 saturated heterocycles. The molecule has 0 amide bonds. The SMILES string of the molecule is CC12CC(O)C3=C(CCC4CCC(O)CC4=C3)C1CC=C2c1ccc2nc(N)oc2c1.CNC. The third-order valence-electron chi connectivity index (χ3n) is 8.37. The maximum Gasteiger partial charge on any atom is 0.292 e. The first-order chi connectivity index (χ1) is 16.3. The lowest BCUT2D eigenvalue weighted by molar-refractivity contribution is 0.124. The number of nitrogens with zero attached hydrogens (tertiary/aromatic N) is 1. The molecule has 6 rings (SSSR count). The molecular formula is C28H37N3O3. The summed E-state index contributed by atoms with van der Waals surface area (Å²) in [5, 5.41) is 24.2. The van der Waals surface area contributed by atoms with Crippen LogP contribution in [0.3, 0.4) is 0 Å². The lowest BCUT2D eigenvalue weighted by atomic mass is 9.61. The van der Waals surface area contributed by atoms with Gasteiger partial charge in [0, 0.05) is 5.41 Å². The molecule has 5 N–H and O–H groups in total. The Morgan fingerprint density at radius 2 is 1.97 bits per heavy atom. The van der Waals surface area contributed by atoms with E-state index in [2.05, 4.69) is 35.4 Å². The number of aliphatic hydroxyl groups is 2. The highest BCUT2D eigenvalue weighted by atomic mass is 16.4. The molecule has 6 heteroatoms. The summed E-state index contributed by atoms with van der Waals surface area (Å²) < 4.78 is 5.58. The van der Waals surface area contributed by atoms with Crippen LogP contribution < -0.4 is 11.1 Å². The van der Waals surface area contributed by atoms with Gasteiger partial charge in [0.25, 0.3) is 6.01 Å². The minimum absolute atomic E-state index is 0.106. The van der Waals surface area contributed by atoms with E-state index in [0.717, 1.165) is 61.6 Å². The van der Waals surface area contributed by atoms with Crippen molar-refractivity contribution in [1.29, 1.82) is 0 Å². The molecule has 4 aliphatic carbocycles. The Bertz CT molecular complexity index is 1180. The average Bonchev–Trinajstić information content (AvgIpc) is 3.26. The number of allylic oxidation sites excluding steroid dienone is 3. The predicted octanol–water partition coefficient (Wildman–Crippen LogP) is 4.60. The molecule has 4 aliphatic rings. The fourth-order valence-corrected chi connectivity index (χ4v) is 6.84.